The van der Waals surface area contributed by atoms with Crippen LogP contribution in [0.2, 0.25) is 0 Å². The van der Waals surface area contributed by atoms with Crippen molar-refractivity contribution in [2.24, 2.45) is 11.4 Å². The third-order valence-electron chi connectivity index (χ3n) is 2.40. The van der Waals surface area contributed by atoms with Crippen molar-refractivity contribution in [3.8, 4) is 5.75 Å². The van der Waals surface area contributed by atoms with Crippen molar-refractivity contribution < 1.29 is 17.9 Å². The topological polar surface area (TPSA) is 116 Å². The molecule has 0 aliphatic carbocycles. The van der Waals surface area contributed by atoms with Crippen LogP contribution < -0.4 is 10.1 Å². The first kappa shape index (κ1) is 20.6. The van der Waals surface area contributed by atoms with E-state index >= 15 is 0 Å². The minimum Gasteiger partial charge on any atom is -0.444 e. The van der Waals surface area contributed by atoms with Crippen LogP contribution in [0.15, 0.2) is 45.4 Å². The Bertz CT molecular complexity index is 854. The molecule has 0 saturated heterocycles. The average molecular weight is 406 g/mol. The smallest absolute Gasteiger partial charge is 0.362 e. The van der Waals surface area contributed by atoms with Crippen molar-refractivity contribution in [1.29, 1.82) is 0 Å². The molecule has 2 aromatic rings. The van der Waals surface area contributed by atoms with E-state index in [0.717, 1.165) is 0 Å². The average Bonchev–Trinajstić information content (AvgIpc) is 2.85. The molecule has 1 N–H and O–H groups in total. The molecule has 0 spiro atoms. The molecule has 1 heterocycles. The number of aromatic nitrogens is 3. The Morgan fingerprint density at radius 3 is 2.48 bits per heavy atom. The molecule has 0 unspecified atom stereocenters. The molecule has 134 valence electrons. The summed E-state index contributed by atoms with van der Waals surface area (Å²) in [6.07, 6.45) is 0. The summed E-state index contributed by atoms with van der Waals surface area (Å²) in [7, 11) is -1.13. The van der Waals surface area contributed by atoms with Crippen molar-refractivity contribution in [3.63, 3.8) is 0 Å². The van der Waals surface area contributed by atoms with E-state index in [4.69, 9.17) is 27.9 Å². The van der Waals surface area contributed by atoms with Gasteiger partial charge in [-0.05, 0) is 30.7 Å². The van der Waals surface area contributed by atoms with Crippen LogP contribution >= 0.6 is 23.2 Å². The largest absolute Gasteiger partial charge is 0.444 e. The van der Waals surface area contributed by atoms with E-state index in [-0.39, 0.29) is 11.2 Å². The molecule has 1 aromatic heterocycles. The number of rotatable bonds is 3. The third kappa shape index (κ3) is 8.29. The number of amides is 2. The summed E-state index contributed by atoms with van der Waals surface area (Å²) in [6, 6.07) is 8.17. The van der Waals surface area contributed by atoms with Gasteiger partial charge in [0.25, 0.3) is 0 Å². The number of anilines is 1. The van der Waals surface area contributed by atoms with Crippen LogP contribution in [0.1, 0.15) is 5.82 Å². The fourth-order valence-corrected chi connectivity index (χ4v) is 1.64. The molecule has 25 heavy (non-hydrogen) atoms. The molecular formula is C13H13Cl2N5O4S. The number of urea groups is 1. The molecule has 1 aromatic carbocycles. The Labute approximate surface area is 154 Å². The molecule has 0 fully saturated rings. The molecular weight excluding hydrogens is 393 g/mol. The summed E-state index contributed by atoms with van der Waals surface area (Å²) in [5.74, 6) is 1.28. The zero-order chi connectivity index (χ0) is 18.8. The lowest BCUT2D eigenvalue weighted by Gasteiger charge is -2.00. The first-order chi connectivity index (χ1) is 11.8. The van der Waals surface area contributed by atoms with Gasteiger partial charge in [0.1, 0.15) is 11.6 Å². The Morgan fingerprint density at radius 1 is 1.36 bits per heavy atom. The van der Waals surface area contributed by atoms with Gasteiger partial charge in [-0.3, -0.25) is 10.00 Å². The number of hydrogen-bond donors (Lipinski definition) is 1. The van der Waals surface area contributed by atoms with Gasteiger partial charge >= 0.3 is 16.5 Å². The molecule has 0 bridgehead atoms. The fourth-order valence-electron chi connectivity index (χ4n) is 1.32. The number of ether oxygens (including phenoxy) is 1. The number of hydrogen-bond acceptors (Lipinski definition) is 6. The van der Waals surface area contributed by atoms with Gasteiger partial charge in [-0.15, -0.1) is 5.10 Å². The van der Waals surface area contributed by atoms with Gasteiger partial charge in [-0.25, -0.2) is 4.79 Å². The van der Waals surface area contributed by atoms with Crippen molar-refractivity contribution >= 4 is 45.7 Å². The van der Waals surface area contributed by atoms with Gasteiger partial charge in [-0.2, -0.15) is 13.4 Å². The molecule has 0 aliphatic rings. The van der Waals surface area contributed by atoms with Gasteiger partial charge in [0.05, 0.1) is 5.54 Å². The van der Waals surface area contributed by atoms with Crippen LogP contribution in [-0.2, 0) is 17.5 Å². The number of nitrogens with one attached hydrogen (secondary N) is 1. The minimum atomic E-state index is -2.77. The highest BCUT2D eigenvalue weighted by Gasteiger charge is 2.06. The van der Waals surface area contributed by atoms with Crippen LogP contribution in [-0.4, -0.2) is 29.2 Å². The maximum absolute atomic E-state index is 10.8. The summed E-state index contributed by atoms with van der Waals surface area (Å²) in [5, 5.41) is 6.03. The highest BCUT2D eigenvalue weighted by Crippen LogP contribution is 2.15. The summed E-state index contributed by atoms with van der Waals surface area (Å²) >= 11 is 10.8. The Kier molecular flexibility index (Phi) is 8.61. The predicted molar refractivity (Wildman–Crippen MR) is 93.0 cm³/mol. The first-order valence-corrected chi connectivity index (χ1v) is 8.35. The van der Waals surface area contributed by atoms with Crippen molar-refractivity contribution in [2.75, 3.05) is 5.32 Å². The molecule has 2 rings (SSSR count). The lowest BCUT2D eigenvalue weighted by Crippen LogP contribution is -2.07. The second kappa shape index (κ2) is 10.4. The van der Waals surface area contributed by atoms with Crippen LogP contribution in [0.3, 0.4) is 0 Å². The molecule has 9 nitrogen and oxygen atoms in total. The maximum Gasteiger partial charge on any atom is 0.362 e. The van der Waals surface area contributed by atoms with E-state index < -0.39 is 16.5 Å². The Morgan fingerprint density at radius 2 is 2.00 bits per heavy atom. The summed E-state index contributed by atoms with van der Waals surface area (Å²) < 4.78 is 29.2. The third-order valence-corrected chi connectivity index (χ3v) is 3.21. The molecule has 0 aliphatic heterocycles. The van der Waals surface area contributed by atoms with E-state index in [2.05, 4.69) is 19.8 Å². The highest BCUT2D eigenvalue weighted by molar-refractivity contribution is 7.62. The van der Waals surface area contributed by atoms with Crippen molar-refractivity contribution in [3.05, 3.63) is 46.9 Å². The highest BCUT2D eigenvalue weighted by atomic mass is 35.5. The van der Waals surface area contributed by atoms with Gasteiger partial charge in [0.15, 0.2) is 0 Å². The monoisotopic (exact) mass is 405 g/mol. The summed E-state index contributed by atoms with van der Waals surface area (Å²) in [4.78, 5) is 14.6. The van der Waals surface area contributed by atoms with E-state index in [0.29, 0.717) is 11.6 Å². The van der Waals surface area contributed by atoms with Crippen molar-refractivity contribution in [2.45, 2.75) is 6.92 Å². The lowest BCUT2D eigenvalue weighted by atomic mass is 10.3. The summed E-state index contributed by atoms with van der Waals surface area (Å²) in [6.45, 7) is 1.69. The number of aryl methyl sites for hydroxylation is 2. The number of halogens is 2. The van der Waals surface area contributed by atoms with Gasteiger partial charge in [0, 0.05) is 7.05 Å². The molecule has 0 saturated carbocycles. The van der Waals surface area contributed by atoms with Crippen LogP contribution in [0.5, 0.6) is 5.75 Å². The van der Waals surface area contributed by atoms with Crippen LogP contribution in [0.25, 0.3) is 0 Å². The predicted octanol–water partition coefficient (Wildman–Crippen LogP) is 3.06. The number of benzene rings is 1. The number of carbonyl (C=O) groups is 1. The van der Waals surface area contributed by atoms with Crippen LogP contribution in [0.4, 0.5) is 10.7 Å². The van der Waals surface area contributed by atoms with Gasteiger partial charge in [0.2, 0.25) is 11.2 Å². The maximum atomic E-state index is 10.8. The quantitative estimate of drug-likeness (QED) is 0.784. The molecule has 12 heteroatoms. The van der Waals surface area contributed by atoms with Crippen LogP contribution in [0, 0.1) is 6.92 Å². The van der Waals surface area contributed by atoms with Gasteiger partial charge < -0.3 is 4.74 Å². The second-order valence-corrected chi connectivity index (χ2v) is 5.38. The van der Waals surface area contributed by atoms with E-state index in [1.165, 1.54) is 10.2 Å². The second-order valence-electron chi connectivity index (χ2n) is 4.17. The Hall–Kier alpha value is -2.43. The standard InChI is InChI=1S/C8H6Cl2O.C5H7N5O3S/c9-6-8(10)11-7-4-2-1-3-5-7;1-3-6-4(8-10(3)2)7-5(11)9-14(12)13/h1-6H;1-2H3,(H,7,8,11). The number of para-hydroxylation sites is 1. The fraction of sp³-hybridized carbons (Fsp3) is 0.154. The number of carbonyl (C=O) groups excluding carboxylic acids is 1. The minimum absolute atomic E-state index is 0.0178. The van der Waals surface area contributed by atoms with E-state index in [9.17, 15) is 13.2 Å². The molecule has 2 amide bonds. The first-order valence-electron chi connectivity index (χ1n) is 6.50. The van der Waals surface area contributed by atoms with Gasteiger partial charge in [-0.1, -0.05) is 34.2 Å². The number of nitrogens with zero attached hydrogens (tertiary/aromatic N) is 4. The van der Waals surface area contributed by atoms with E-state index in [1.807, 2.05) is 18.2 Å². The molecule has 0 atom stereocenters. The SMILES string of the molecule is Cc1nc(NC(=O)N=S(=O)=O)nn1C.ClC=C(Cl)Oc1ccccc1. The van der Waals surface area contributed by atoms with E-state index in [1.54, 1.807) is 26.1 Å². The van der Waals surface area contributed by atoms with Crippen molar-refractivity contribution in [1.82, 2.24) is 14.8 Å². The lowest BCUT2D eigenvalue weighted by molar-refractivity contribution is 0.259. The summed E-state index contributed by atoms with van der Waals surface area (Å²) in [5.41, 5.74) is 1.18. The zero-order valence-electron chi connectivity index (χ0n) is 13.1. The molecule has 0 radical (unpaired) electrons. The Balaban J connectivity index is 0.000000257. The normalized spacial score (nSPS) is 10.3. The zero-order valence-corrected chi connectivity index (χ0v) is 15.4.